The summed E-state index contributed by atoms with van der Waals surface area (Å²) in [6.45, 7) is 4.37. The summed E-state index contributed by atoms with van der Waals surface area (Å²) in [6, 6.07) is 13.9. The third-order valence-corrected chi connectivity index (χ3v) is 6.84. The number of rotatable bonds is 5. The number of carbonyl (C=O) groups excluding carboxylic acids is 2. The van der Waals surface area contributed by atoms with Gasteiger partial charge in [-0.15, -0.1) is 0 Å². The van der Waals surface area contributed by atoms with Gasteiger partial charge in [0.05, 0.1) is 27.9 Å². The molecular formula is C20H21ClN2O4S. The Hall–Kier alpha value is -2.38. The first kappa shape index (κ1) is 20.4. The SMILES string of the molecule is CCN(Cc1ccccc1)C(=O)c1ccc(N2C(=O)[C@@H](C)CS2(=O)=O)cc1Cl. The van der Waals surface area contributed by atoms with Crippen molar-refractivity contribution in [2.24, 2.45) is 5.92 Å². The monoisotopic (exact) mass is 420 g/mol. The molecule has 0 radical (unpaired) electrons. The maximum atomic E-state index is 12.9. The summed E-state index contributed by atoms with van der Waals surface area (Å²) < 4.78 is 25.3. The second-order valence-electron chi connectivity index (χ2n) is 6.75. The molecule has 0 unspecified atom stereocenters. The van der Waals surface area contributed by atoms with Crippen LogP contribution in [0.25, 0.3) is 0 Å². The first-order chi connectivity index (χ1) is 13.2. The van der Waals surface area contributed by atoms with E-state index in [4.69, 9.17) is 11.6 Å². The Labute approximate surface area is 169 Å². The van der Waals surface area contributed by atoms with Crippen LogP contribution in [0.5, 0.6) is 0 Å². The number of hydrogen-bond donors (Lipinski definition) is 0. The quantitative estimate of drug-likeness (QED) is 0.743. The molecule has 2 amide bonds. The summed E-state index contributed by atoms with van der Waals surface area (Å²) in [5, 5.41) is 0.108. The average Bonchev–Trinajstić information content (AvgIpc) is 2.86. The van der Waals surface area contributed by atoms with Crippen molar-refractivity contribution in [3.63, 3.8) is 0 Å². The van der Waals surface area contributed by atoms with E-state index in [9.17, 15) is 18.0 Å². The van der Waals surface area contributed by atoms with Gasteiger partial charge in [-0.25, -0.2) is 12.7 Å². The molecule has 8 heteroatoms. The van der Waals surface area contributed by atoms with Gasteiger partial charge in [0.2, 0.25) is 15.9 Å². The van der Waals surface area contributed by atoms with Crippen molar-refractivity contribution in [1.29, 1.82) is 0 Å². The maximum Gasteiger partial charge on any atom is 0.255 e. The molecule has 1 aliphatic rings. The number of amides is 2. The minimum absolute atomic E-state index is 0.108. The van der Waals surface area contributed by atoms with Gasteiger partial charge in [-0.2, -0.15) is 0 Å². The molecule has 6 nitrogen and oxygen atoms in total. The molecule has 148 valence electrons. The van der Waals surface area contributed by atoms with Crippen LogP contribution in [-0.4, -0.2) is 37.4 Å². The van der Waals surface area contributed by atoms with Crippen LogP contribution in [0.2, 0.25) is 5.02 Å². The molecule has 28 heavy (non-hydrogen) atoms. The van der Waals surface area contributed by atoms with E-state index in [1.165, 1.54) is 18.2 Å². The van der Waals surface area contributed by atoms with E-state index in [-0.39, 0.29) is 27.9 Å². The Kier molecular flexibility index (Phi) is 5.76. The zero-order valence-corrected chi connectivity index (χ0v) is 17.2. The van der Waals surface area contributed by atoms with E-state index in [2.05, 4.69) is 0 Å². The minimum atomic E-state index is -3.72. The summed E-state index contributed by atoms with van der Waals surface area (Å²) in [5.41, 5.74) is 1.41. The van der Waals surface area contributed by atoms with Crippen LogP contribution in [-0.2, 0) is 21.4 Å². The third kappa shape index (κ3) is 3.91. The van der Waals surface area contributed by atoms with Crippen molar-refractivity contribution in [2.45, 2.75) is 20.4 Å². The van der Waals surface area contributed by atoms with Gasteiger partial charge >= 0.3 is 0 Å². The zero-order valence-electron chi connectivity index (χ0n) is 15.6. The van der Waals surface area contributed by atoms with Crippen molar-refractivity contribution in [2.75, 3.05) is 16.6 Å². The summed E-state index contributed by atoms with van der Waals surface area (Å²) in [6.07, 6.45) is 0. The van der Waals surface area contributed by atoms with Gasteiger partial charge in [0.25, 0.3) is 5.91 Å². The molecule has 1 fully saturated rings. The van der Waals surface area contributed by atoms with Crippen LogP contribution in [0.3, 0.4) is 0 Å². The van der Waals surface area contributed by atoms with Crippen molar-refractivity contribution in [3.05, 3.63) is 64.7 Å². The van der Waals surface area contributed by atoms with Gasteiger partial charge in [0, 0.05) is 13.1 Å². The molecule has 2 aromatic rings. The van der Waals surface area contributed by atoms with Crippen LogP contribution in [0.4, 0.5) is 5.69 Å². The number of nitrogens with zero attached hydrogens (tertiary/aromatic N) is 2. The van der Waals surface area contributed by atoms with Crippen molar-refractivity contribution < 1.29 is 18.0 Å². The zero-order chi connectivity index (χ0) is 20.5. The van der Waals surface area contributed by atoms with Crippen LogP contribution in [0.1, 0.15) is 29.8 Å². The Bertz CT molecular complexity index is 1010. The third-order valence-electron chi connectivity index (χ3n) is 4.66. The Morgan fingerprint density at radius 3 is 2.43 bits per heavy atom. The lowest BCUT2D eigenvalue weighted by molar-refractivity contribution is -0.119. The number of sulfonamides is 1. The summed E-state index contributed by atoms with van der Waals surface area (Å²) in [4.78, 5) is 26.8. The highest BCUT2D eigenvalue weighted by atomic mass is 35.5. The van der Waals surface area contributed by atoms with Crippen molar-refractivity contribution >= 4 is 39.1 Å². The van der Waals surface area contributed by atoms with E-state index in [0.717, 1.165) is 9.87 Å². The van der Waals surface area contributed by atoms with Gasteiger partial charge in [-0.05, 0) is 30.7 Å². The molecule has 0 saturated carbocycles. The maximum absolute atomic E-state index is 12.9. The topological polar surface area (TPSA) is 74.8 Å². The molecule has 0 bridgehead atoms. The molecule has 0 N–H and O–H groups in total. The number of anilines is 1. The molecule has 2 aromatic carbocycles. The molecule has 1 saturated heterocycles. The number of benzene rings is 2. The van der Waals surface area contributed by atoms with Crippen molar-refractivity contribution in [1.82, 2.24) is 4.90 Å². The van der Waals surface area contributed by atoms with Gasteiger partial charge in [0.1, 0.15) is 0 Å². The second kappa shape index (κ2) is 7.93. The number of hydrogen-bond acceptors (Lipinski definition) is 4. The molecule has 0 aliphatic carbocycles. The fourth-order valence-corrected chi connectivity index (χ4v) is 5.26. The predicted molar refractivity (Wildman–Crippen MR) is 109 cm³/mol. The van der Waals surface area contributed by atoms with E-state index in [1.54, 1.807) is 11.8 Å². The van der Waals surface area contributed by atoms with Gasteiger partial charge < -0.3 is 4.90 Å². The van der Waals surface area contributed by atoms with Crippen LogP contribution >= 0.6 is 11.6 Å². The Morgan fingerprint density at radius 1 is 1.21 bits per heavy atom. The van der Waals surface area contributed by atoms with Gasteiger partial charge in [-0.1, -0.05) is 48.9 Å². The summed E-state index contributed by atoms with van der Waals surface area (Å²) >= 11 is 6.30. The number of carbonyl (C=O) groups is 2. The molecule has 0 aromatic heterocycles. The fraction of sp³-hybridized carbons (Fsp3) is 0.300. The second-order valence-corrected chi connectivity index (χ2v) is 9.02. The Balaban J connectivity index is 1.87. The Morgan fingerprint density at radius 2 is 1.89 bits per heavy atom. The predicted octanol–water partition coefficient (Wildman–Crippen LogP) is 3.31. The minimum Gasteiger partial charge on any atom is -0.335 e. The molecule has 3 rings (SSSR count). The highest BCUT2D eigenvalue weighted by Gasteiger charge is 2.42. The molecule has 1 atom stereocenters. The smallest absolute Gasteiger partial charge is 0.255 e. The van der Waals surface area contributed by atoms with Crippen LogP contribution < -0.4 is 4.31 Å². The summed E-state index contributed by atoms with van der Waals surface area (Å²) in [7, 11) is -3.72. The van der Waals surface area contributed by atoms with E-state index in [1.807, 2.05) is 37.3 Å². The van der Waals surface area contributed by atoms with Crippen LogP contribution in [0, 0.1) is 5.92 Å². The normalized spacial score (nSPS) is 18.3. The highest BCUT2D eigenvalue weighted by Crippen LogP contribution is 2.32. The standard InChI is InChI=1S/C20H21ClN2O4S/c1-3-22(12-15-7-5-4-6-8-15)20(25)17-10-9-16(11-18(17)21)23-19(24)14(2)13-28(23,26)27/h4-11,14H,3,12-13H2,1-2H3/t14-/m0/s1. The first-order valence-electron chi connectivity index (χ1n) is 8.94. The fourth-order valence-electron chi connectivity index (χ4n) is 3.19. The first-order valence-corrected chi connectivity index (χ1v) is 10.9. The lowest BCUT2D eigenvalue weighted by atomic mass is 10.1. The number of halogens is 1. The molecule has 0 spiro atoms. The largest absolute Gasteiger partial charge is 0.335 e. The van der Waals surface area contributed by atoms with Crippen LogP contribution in [0.15, 0.2) is 48.5 Å². The molecule has 1 heterocycles. The lowest BCUT2D eigenvalue weighted by Gasteiger charge is -2.22. The summed E-state index contributed by atoms with van der Waals surface area (Å²) in [5.74, 6) is -1.59. The lowest BCUT2D eigenvalue weighted by Crippen LogP contribution is -2.31. The van der Waals surface area contributed by atoms with E-state index < -0.39 is 21.8 Å². The van der Waals surface area contributed by atoms with E-state index in [0.29, 0.717) is 13.1 Å². The molecular weight excluding hydrogens is 400 g/mol. The average molecular weight is 421 g/mol. The molecule has 1 aliphatic heterocycles. The van der Waals surface area contributed by atoms with Gasteiger partial charge in [0.15, 0.2) is 0 Å². The highest BCUT2D eigenvalue weighted by molar-refractivity contribution is 7.94. The van der Waals surface area contributed by atoms with Gasteiger partial charge in [-0.3, -0.25) is 9.59 Å². The van der Waals surface area contributed by atoms with Crippen molar-refractivity contribution in [3.8, 4) is 0 Å². The van der Waals surface area contributed by atoms with E-state index >= 15 is 0 Å².